The molecule has 0 aliphatic heterocycles. The largest absolute Gasteiger partial charge is 0.396 e. The van der Waals surface area contributed by atoms with Crippen molar-refractivity contribution in [3.8, 4) is 0 Å². The summed E-state index contributed by atoms with van der Waals surface area (Å²) in [6.45, 7) is 4.62. The summed E-state index contributed by atoms with van der Waals surface area (Å²) in [7, 11) is 0. The van der Waals surface area contributed by atoms with Crippen molar-refractivity contribution in [3.05, 3.63) is 95.6 Å². The molecule has 0 radical (unpaired) electrons. The fraction of sp³-hybridized carbons (Fsp3) is 0.208. The smallest absolute Gasteiger partial charge is 0.247 e. The standard InChI is InChI=1S/C24H26F3N5O2/c1-3-5-19(26)20(23(29)21(27)22(28)16-6-8-17(25)9-7-16)15(2)24(34)31-18(10-13-33)14-32-12-4-11-30-32/h3-9,11-12,18,29,33H,1,10,13-14,28H2,2H3,(H,31,34)/b19-5+,20-15-,22-21+,29-23?/t18-/m0/s1. The third-order valence-electron chi connectivity index (χ3n) is 4.86. The highest BCUT2D eigenvalue weighted by Crippen LogP contribution is 2.26. The van der Waals surface area contributed by atoms with Gasteiger partial charge in [-0.05, 0) is 49.8 Å². The molecule has 1 atom stereocenters. The molecule has 7 nitrogen and oxygen atoms in total. The van der Waals surface area contributed by atoms with Gasteiger partial charge in [0.05, 0.1) is 18.3 Å². The van der Waals surface area contributed by atoms with E-state index in [1.165, 1.54) is 19.1 Å². The molecule has 2 aromatic rings. The van der Waals surface area contributed by atoms with E-state index in [9.17, 15) is 18.7 Å². The van der Waals surface area contributed by atoms with Gasteiger partial charge < -0.3 is 16.2 Å². The first-order valence-corrected chi connectivity index (χ1v) is 10.3. The Morgan fingerprint density at radius 1 is 1.35 bits per heavy atom. The summed E-state index contributed by atoms with van der Waals surface area (Å²) in [6.07, 6.45) is 5.38. The zero-order chi connectivity index (χ0) is 25.3. The Hall–Kier alpha value is -3.92. The first-order chi connectivity index (χ1) is 16.2. The maximum Gasteiger partial charge on any atom is 0.247 e. The second kappa shape index (κ2) is 12.4. The van der Waals surface area contributed by atoms with Crippen LogP contribution in [-0.4, -0.2) is 39.2 Å². The van der Waals surface area contributed by atoms with Gasteiger partial charge in [-0.25, -0.2) is 13.2 Å². The van der Waals surface area contributed by atoms with Crippen LogP contribution in [0.15, 0.2) is 84.3 Å². The Balaban J connectivity index is 2.43. The summed E-state index contributed by atoms with van der Waals surface area (Å²) >= 11 is 0. The molecule has 0 spiro atoms. The molecular formula is C24H26F3N5O2. The summed E-state index contributed by atoms with van der Waals surface area (Å²) in [4.78, 5) is 12.9. The molecule has 0 unspecified atom stereocenters. The lowest BCUT2D eigenvalue weighted by Gasteiger charge is -2.19. The number of aliphatic hydroxyl groups is 1. The van der Waals surface area contributed by atoms with Crippen LogP contribution in [0.3, 0.4) is 0 Å². The number of nitrogens with two attached hydrogens (primary N) is 1. The van der Waals surface area contributed by atoms with Crippen LogP contribution in [0.2, 0.25) is 0 Å². The van der Waals surface area contributed by atoms with Crippen LogP contribution in [0.25, 0.3) is 5.70 Å². The highest BCUT2D eigenvalue weighted by molar-refractivity contribution is 6.18. The van der Waals surface area contributed by atoms with Gasteiger partial charge in [-0.15, -0.1) is 0 Å². The highest BCUT2D eigenvalue weighted by Gasteiger charge is 2.25. The first-order valence-electron chi connectivity index (χ1n) is 10.3. The Bertz CT molecular complexity index is 1120. The van der Waals surface area contributed by atoms with E-state index < -0.39 is 46.4 Å². The summed E-state index contributed by atoms with van der Waals surface area (Å²) in [5, 5.41) is 24.3. The van der Waals surface area contributed by atoms with E-state index in [2.05, 4.69) is 17.0 Å². The van der Waals surface area contributed by atoms with Crippen LogP contribution < -0.4 is 11.1 Å². The number of rotatable bonds is 11. The summed E-state index contributed by atoms with van der Waals surface area (Å²) < 4.78 is 44.7. The molecule has 0 aliphatic rings. The number of aromatic nitrogens is 2. The van der Waals surface area contributed by atoms with E-state index in [1.54, 1.807) is 23.1 Å². The lowest BCUT2D eigenvalue weighted by molar-refractivity contribution is -0.118. The average molecular weight is 473 g/mol. The van der Waals surface area contributed by atoms with Gasteiger partial charge in [0.25, 0.3) is 0 Å². The Morgan fingerprint density at radius 2 is 2.03 bits per heavy atom. The minimum atomic E-state index is -1.29. The molecule has 1 aromatic heterocycles. The summed E-state index contributed by atoms with van der Waals surface area (Å²) in [6, 6.07) is 5.68. The van der Waals surface area contributed by atoms with Crippen molar-refractivity contribution in [1.29, 1.82) is 5.41 Å². The summed E-state index contributed by atoms with van der Waals surface area (Å²) in [5.74, 6) is -3.69. The predicted octanol–water partition coefficient (Wildman–Crippen LogP) is 3.56. The molecule has 0 fully saturated rings. The van der Waals surface area contributed by atoms with Crippen molar-refractivity contribution in [2.24, 2.45) is 5.73 Å². The molecule has 1 heterocycles. The van der Waals surface area contributed by atoms with Gasteiger partial charge in [0.2, 0.25) is 5.91 Å². The molecular weight excluding hydrogens is 447 g/mol. The van der Waals surface area contributed by atoms with E-state index in [-0.39, 0.29) is 30.7 Å². The highest BCUT2D eigenvalue weighted by atomic mass is 19.1. The van der Waals surface area contributed by atoms with E-state index in [0.717, 1.165) is 24.3 Å². The van der Waals surface area contributed by atoms with Gasteiger partial charge in [0.15, 0.2) is 5.83 Å². The van der Waals surface area contributed by atoms with Crippen LogP contribution in [0, 0.1) is 11.2 Å². The van der Waals surface area contributed by atoms with Gasteiger partial charge >= 0.3 is 0 Å². The second-order valence-electron chi connectivity index (χ2n) is 7.27. The SMILES string of the molecule is C=C/C=C(F)\C(C(=N)/C(F)=C(\N)c1ccc(F)cc1)=C(/C)C(=O)N[C@@H](CCO)Cn1cccn1. The number of hydrogen-bond donors (Lipinski definition) is 4. The molecule has 1 aromatic carbocycles. The number of allylic oxidation sites excluding steroid dienone is 5. The molecule has 0 saturated carbocycles. The minimum Gasteiger partial charge on any atom is -0.396 e. The Labute approximate surface area is 195 Å². The van der Waals surface area contributed by atoms with E-state index in [4.69, 9.17) is 11.1 Å². The Kier molecular flexibility index (Phi) is 9.57. The van der Waals surface area contributed by atoms with Crippen molar-refractivity contribution in [2.45, 2.75) is 25.9 Å². The Morgan fingerprint density at radius 3 is 2.59 bits per heavy atom. The summed E-state index contributed by atoms with van der Waals surface area (Å²) in [5.41, 5.74) is 3.49. The van der Waals surface area contributed by atoms with Gasteiger partial charge in [-0.2, -0.15) is 5.10 Å². The van der Waals surface area contributed by atoms with Gasteiger partial charge in [0, 0.05) is 35.7 Å². The number of benzene rings is 1. The number of hydrogen-bond acceptors (Lipinski definition) is 5. The molecule has 2 rings (SSSR count). The molecule has 34 heavy (non-hydrogen) atoms. The number of aliphatic hydroxyl groups excluding tert-OH is 1. The molecule has 1 amide bonds. The number of halogens is 3. The zero-order valence-corrected chi connectivity index (χ0v) is 18.6. The molecule has 5 N–H and O–H groups in total. The number of carbonyl (C=O) groups excluding carboxylic acids is 1. The fourth-order valence-corrected chi connectivity index (χ4v) is 3.08. The van der Waals surface area contributed by atoms with Crippen LogP contribution in [-0.2, 0) is 11.3 Å². The van der Waals surface area contributed by atoms with Crippen molar-refractivity contribution in [2.75, 3.05) is 6.61 Å². The second-order valence-corrected chi connectivity index (χ2v) is 7.27. The molecule has 180 valence electrons. The molecule has 10 heteroatoms. The van der Waals surface area contributed by atoms with E-state index >= 15 is 4.39 Å². The van der Waals surface area contributed by atoms with Gasteiger partial charge in [-0.3, -0.25) is 14.9 Å². The van der Waals surface area contributed by atoms with Crippen LogP contribution in [0.1, 0.15) is 18.9 Å². The zero-order valence-electron chi connectivity index (χ0n) is 18.6. The van der Waals surface area contributed by atoms with Crippen molar-refractivity contribution in [1.82, 2.24) is 15.1 Å². The number of amides is 1. The van der Waals surface area contributed by atoms with Gasteiger partial charge in [0.1, 0.15) is 17.4 Å². The normalized spacial score (nSPS) is 14.1. The quantitative estimate of drug-likeness (QED) is 0.227. The molecule has 0 aliphatic carbocycles. The number of nitrogens with one attached hydrogen (secondary N) is 2. The van der Waals surface area contributed by atoms with Crippen molar-refractivity contribution >= 4 is 17.3 Å². The molecule has 0 bridgehead atoms. The van der Waals surface area contributed by atoms with Gasteiger partial charge in [-0.1, -0.05) is 12.7 Å². The first kappa shape index (κ1) is 26.3. The maximum absolute atomic E-state index is 15.1. The van der Waals surface area contributed by atoms with Crippen LogP contribution >= 0.6 is 0 Å². The van der Waals surface area contributed by atoms with Crippen molar-refractivity contribution < 1.29 is 23.1 Å². The predicted molar refractivity (Wildman–Crippen MR) is 124 cm³/mol. The van der Waals surface area contributed by atoms with Crippen LogP contribution in [0.4, 0.5) is 13.2 Å². The lowest BCUT2D eigenvalue weighted by atomic mass is 9.98. The number of nitrogens with zero attached hydrogens (tertiary/aromatic N) is 2. The van der Waals surface area contributed by atoms with E-state index in [1.807, 2.05) is 0 Å². The third kappa shape index (κ3) is 6.79. The van der Waals surface area contributed by atoms with E-state index in [0.29, 0.717) is 0 Å². The topological polar surface area (TPSA) is 117 Å². The lowest BCUT2D eigenvalue weighted by Crippen LogP contribution is -2.39. The molecule has 0 saturated heterocycles. The monoisotopic (exact) mass is 473 g/mol. The van der Waals surface area contributed by atoms with Crippen LogP contribution in [0.5, 0.6) is 0 Å². The minimum absolute atomic E-state index is 0.0837. The average Bonchev–Trinajstić information content (AvgIpc) is 3.32. The fourth-order valence-electron chi connectivity index (χ4n) is 3.08. The van der Waals surface area contributed by atoms with Crippen molar-refractivity contribution in [3.63, 3.8) is 0 Å². The maximum atomic E-state index is 15.1. The number of carbonyl (C=O) groups is 1. The third-order valence-corrected chi connectivity index (χ3v) is 4.86.